The number of methoxy groups -OCH3 is 1. The summed E-state index contributed by atoms with van der Waals surface area (Å²) in [6, 6.07) is -0.330. The Labute approximate surface area is 85.9 Å². The first-order chi connectivity index (χ1) is 6.41. The maximum atomic E-state index is 10.9. The molecule has 0 aliphatic carbocycles. The molecule has 0 aromatic heterocycles. The molecule has 0 aromatic carbocycles. The standard InChI is InChI=1S/C10H21NO3/c1-7(2)8(3)11(4)9(6-14-5)10(12)13/h7-9H,6H2,1-5H3,(H,12,13). The zero-order valence-corrected chi connectivity index (χ0v) is 9.65. The molecule has 2 unspecified atom stereocenters. The van der Waals surface area contributed by atoms with E-state index in [0.717, 1.165) is 0 Å². The summed E-state index contributed by atoms with van der Waals surface area (Å²) in [5.74, 6) is -0.402. The normalized spacial score (nSPS) is 15.9. The Morgan fingerprint density at radius 1 is 1.43 bits per heavy atom. The van der Waals surface area contributed by atoms with E-state index in [4.69, 9.17) is 9.84 Å². The maximum Gasteiger partial charge on any atom is 0.323 e. The van der Waals surface area contributed by atoms with Crippen LogP contribution in [0.15, 0.2) is 0 Å². The van der Waals surface area contributed by atoms with Crippen LogP contribution in [0.2, 0.25) is 0 Å². The molecule has 0 aliphatic rings. The maximum absolute atomic E-state index is 10.9. The largest absolute Gasteiger partial charge is 0.480 e. The quantitative estimate of drug-likeness (QED) is 0.701. The van der Waals surface area contributed by atoms with Crippen LogP contribution >= 0.6 is 0 Å². The monoisotopic (exact) mass is 203 g/mol. The van der Waals surface area contributed by atoms with Gasteiger partial charge < -0.3 is 9.84 Å². The second-order valence-electron chi connectivity index (χ2n) is 3.96. The molecule has 4 nitrogen and oxygen atoms in total. The second kappa shape index (κ2) is 5.98. The predicted octanol–water partition coefficient (Wildman–Crippen LogP) is 1.06. The zero-order chi connectivity index (χ0) is 11.3. The molecule has 84 valence electrons. The fraction of sp³-hybridized carbons (Fsp3) is 0.900. The van der Waals surface area contributed by atoms with Crippen molar-refractivity contribution < 1.29 is 14.6 Å². The molecule has 0 heterocycles. The molecule has 14 heavy (non-hydrogen) atoms. The molecule has 0 aliphatic heterocycles. The van der Waals surface area contributed by atoms with Crippen molar-refractivity contribution >= 4 is 5.97 Å². The van der Waals surface area contributed by atoms with Crippen molar-refractivity contribution in [1.29, 1.82) is 0 Å². The van der Waals surface area contributed by atoms with Crippen molar-refractivity contribution in [3.8, 4) is 0 Å². The molecule has 0 fully saturated rings. The van der Waals surface area contributed by atoms with Gasteiger partial charge in [0.1, 0.15) is 6.04 Å². The van der Waals surface area contributed by atoms with Crippen molar-refractivity contribution in [2.24, 2.45) is 5.92 Å². The smallest absolute Gasteiger partial charge is 0.323 e. The highest BCUT2D eigenvalue weighted by Gasteiger charge is 2.27. The molecule has 0 radical (unpaired) electrons. The lowest BCUT2D eigenvalue weighted by Gasteiger charge is -2.32. The SMILES string of the molecule is COCC(C(=O)O)N(C)C(C)C(C)C. The van der Waals surface area contributed by atoms with E-state index in [0.29, 0.717) is 5.92 Å². The molecular weight excluding hydrogens is 182 g/mol. The van der Waals surface area contributed by atoms with Crippen LogP contribution < -0.4 is 0 Å². The average Bonchev–Trinajstić information content (AvgIpc) is 2.11. The van der Waals surface area contributed by atoms with Crippen LogP contribution in [0.25, 0.3) is 0 Å². The van der Waals surface area contributed by atoms with E-state index >= 15 is 0 Å². The number of ether oxygens (including phenoxy) is 1. The van der Waals surface area contributed by atoms with Gasteiger partial charge in [-0.2, -0.15) is 0 Å². The highest BCUT2D eigenvalue weighted by molar-refractivity contribution is 5.73. The lowest BCUT2D eigenvalue weighted by Crippen LogP contribution is -2.48. The Bertz CT molecular complexity index is 182. The average molecular weight is 203 g/mol. The summed E-state index contributed by atoms with van der Waals surface area (Å²) in [7, 11) is 3.34. The Kier molecular flexibility index (Phi) is 5.72. The van der Waals surface area contributed by atoms with Crippen molar-refractivity contribution in [2.45, 2.75) is 32.9 Å². The van der Waals surface area contributed by atoms with Crippen LogP contribution in [0.5, 0.6) is 0 Å². The molecule has 0 spiro atoms. The number of hydrogen-bond donors (Lipinski definition) is 1. The number of carbonyl (C=O) groups is 1. The predicted molar refractivity (Wildman–Crippen MR) is 55.4 cm³/mol. The van der Waals surface area contributed by atoms with Gasteiger partial charge in [0.25, 0.3) is 0 Å². The van der Waals surface area contributed by atoms with Crippen LogP contribution in [-0.4, -0.2) is 48.8 Å². The van der Waals surface area contributed by atoms with Crippen molar-refractivity contribution in [3.63, 3.8) is 0 Å². The summed E-state index contributed by atoms with van der Waals surface area (Å²) < 4.78 is 4.89. The summed E-state index contributed by atoms with van der Waals surface area (Å²) in [6.45, 7) is 6.40. The summed E-state index contributed by atoms with van der Waals surface area (Å²) >= 11 is 0. The highest BCUT2D eigenvalue weighted by atomic mass is 16.5. The molecule has 0 saturated carbocycles. The van der Waals surface area contributed by atoms with Crippen molar-refractivity contribution in [2.75, 3.05) is 20.8 Å². The van der Waals surface area contributed by atoms with Gasteiger partial charge in [0.15, 0.2) is 0 Å². The first-order valence-electron chi connectivity index (χ1n) is 4.85. The molecule has 0 rings (SSSR count). The molecule has 0 bridgehead atoms. The summed E-state index contributed by atoms with van der Waals surface area (Å²) in [5, 5.41) is 8.98. The number of rotatable bonds is 6. The molecule has 0 aromatic rings. The fourth-order valence-electron chi connectivity index (χ4n) is 1.28. The number of carboxylic acids is 1. The van der Waals surface area contributed by atoms with Gasteiger partial charge in [-0.05, 0) is 19.9 Å². The topological polar surface area (TPSA) is 49.8 Å². The van der Waals surface area contributed by atoms with Crippen LogP contribution in [-0.2, 0) is 9.53 Å². The molecule has 0 amide bonds. The Balaban J connectivity index is 4.42. The van der Waals surface area contributed by atoms with E-state index in [1.165, 1.54) is 7.11 Å². The minimum Gasteiger partial charge on any atom is -0.480 e. The molecule has 1 N–H and O–H groups in total. The number of aliphatic carboxylic acids is 1. The first kappa shape index (κ1) is 13.4. The number of hydrogen-bond acceptors (Lipinski definition) is 3. The third-order valence-corrected chi connectivity index (χ3v) is 2.71. The van der Waals surface area contributed by atoms with E-state index in [1.807, 2.05) is 18.9 Å². The van der Waals surface area contributed by atoms with Gasteiger partial charge in [-0.15, -0.1) is 0 Å². The van der Waals surface area contributed by atoms with Crippen molar-refractivity contribution in [1.82, 2.24) is 4.90 Å². The second-order valence-corrected chi connectivity index (χ2v) is 3.96. The molecule has 4 heteroatoms. The lowest BCUT2D eigenvalue weighted by molar-refractivity contribution is -0.146. The van der Waals surface area contributed by atoms with Gasteiger partial charge in [0.05, 0.1) is 6.61 Å². The van der Waals surface area contributed by atoms with Crippen LogP contribution in [0, 0.1) is 5.92 Å². The van der Waals surface area contributed by atoms with Gasteiger partial charge in [0.2, 0.25) is 0 Å². The Morgan fingerprint density at radius 2 is 1.93 bits per heavy atom. The van der Waals surface area contributed by atoms with Crippen LogP contribution in [0.3, 0.4) is 0 Å². The van der Waals surface area contributed by atoms with E-state index in [-0.39, 0.29) is 12.6 Å². The number of carboxylic acid groups (broad SMARTS) is 1. The summed E-state index contributed by atoms with van der Waals surface area (Å²) in [6.07, 6.45) is 0. The van der Waals surface area contributed by atoms with Gasteiger partial charge in [-0.3, -0.25) is 9.69 Å². The fourth-order valence-corrected chi connectivity index (χ4v) is 1.28. The first-order valence-corrected chi connectivity index (χ1v) is 4.85. The number of likely N-dealkylation sites (N-methyl/N-ethyl adjacent to an activating group) is 1. The Hall–Kier alpha value is -0.610. The molecular formula is C10H21NO3. The van der Waals surface area contributed by atoms with Crippen molar-refractivity contribution in [3.05, 3.63) is 0 Å². The van der Waals surface area contributed by atoms with Gasteiger partial charge >= 0.3 is 5.97 Å². The molecule has 0 saturated heterocycles. The highest BCUT2D eigenvalue weighted by Crippen LogP contribution is 2.11. The summed E-state index contributed by atoms with van der Waals surface area (Å²) in [4.78, 5) is 12.8. The minimum atomic E-state index is -0.832. The summed E-state index contributed by atoms with van der Waals surface area (Å²) in [5.41, 5.74) is 0. The third-order valence-electron chi connectivity index (χ3n) is 2.71. The van der Waals surface area contributed by atoms with E-state index in [9.17, 15) is 4.79 Å². The molecule has 2 atom stereocenters. The van der Waals surface area contributed by atoms with E-state index < -0.39 is 12.0 Å². The van der Waals surface area contributed by atoms with E-state index in [2.05, 4.69) is 13.8 Å². The van der Waals surface area contributed by atoms with Gasteiger partial charge in [-0.1, -0.05) is 13.8 Å². The van der Waals surface area contributed by atoms with Gasteiger partial charge in [-0.25, -0.2) is 0 Å². The zero-order valence-electron chi connectivity index (χ0n) is 9.65. The minimum absolute atomic E-state index is 0.225. The van der Waals surface area contributed by atoms with Crippen LogP contribution in [0.1, 0.15) is 20.8 Å². The Morgan fingerprint density at radius 3 is 2.21 bits per heavy atom. The van der Waals surface area contributed by atoms with Crippen LogP contribution in [0.4, 0.5) is 0 Å². The number of nitrogens with zero attached hydrogens (tertiary/aromatic N) is 1. The third kappa shape index (κ3) is 3.64. The van der Waals surface area contributed by atoms with E-state index in [1.54, 1.807) is 0 Å². The van der Waals surface area contributed by atoms with Gasteiger partial charge in [0, 0.05) is 13.2 Å². The lowest BCUT2D eigenvalue weighted by atomic mass is 10.0.